The second kappa shape index (κ2) is 6.60. The van der Waals surface area contributed by atoms with Crippen LogP contribution in [-0.2, 0) is 4.79 Å². The number of nitrogens with zero attached hydrogens (tertiary/aromatic N) is 1. The number of hydrogen-bond acceptors (Lipinski definition) is 2. The van der Waals surface area contributed by atoms with Gasteiger partial charge in [-0.05, 0) is 26.8 Å². The van der Waals surface area contributed by atoms with Gasteiger partial charge in [0.1, 0.15) is 0 Å². The summed E-state index contributed by atoms with van der Waals surface area (Å²) in [5.41, 5.74) is 6.44. The molecule has 0 aromatic rings. The summed E-state index contributed by atoms with van der Waals surface area (Å²) in [5, 5.41) is 0. The highest BCUT2D eigenvalue weighted by Crippen LogP contribution is 2.07. The Morgan fingerprint density at radius 2 is 2.14 bits per heavy atom. The fourth-order valence-corrected chi connectivity index (χ4v) is 1.36. The molecule has 3 nitrogen and oxygen atoms in total. The van der Waals surface area contributed by atoms with Crippen molar-refractivity contribution in [3.05, 3.63) is 12.2 Å². The Morgan fingerprint density at radius 1 is 1.57 bits per heavy atom. The maximum atomic E-state index is 11.8. The zero-order chi connectivity index (χ0) is 11.1. The van der Waals surface area contributed by atoms with Gasteiger partial charge in [0.05, 0.1) is 0 Å². The van der Waals surface area contributed by atoms with E-state index in [1.807, 2.05) is 25.7 Å². The van der Waals surface area contributed by atoms with Crippen LogP contribution < -0.4 is 5.73 Å². The first-order valence-electron chi connectivity index (χ1n) is 5.16. The van der Waals surface area contributed by atoms with Crippen LogP contribution >= 0.6 is 0 Å². The van der Waals surface area contributed by atoms with Crippen LogP contribution in [0, 0.1) is 5.92 Å². The minimum atomic E-state index is 0.0271. The Morgan fingerprint density at radius 3 is 2.50 bits per heavy atom. The molecule has 0 heterocycles. The monoisotopic (exact) mass is 198 g/mol. The van der Waals surface area contributed by atoms with E-state index in [-0.39, 0.29) is 11.8 Å². The Labute approximate surface area is 87.0 Å². The molecule has 14 heavy (non-hydrogen) atoms. The fraction of sp³-hybridized carbons (Fsp3) is 0.727. The van der Waals surface area contributed by atoms with Crippen LogP contribution in [0.25, 0.3) is 0 Å². The van der Waals surface area contributed by atoms with Crippen LogP contribution in [0.15, 0.2) is 12.2 Å². The van der Waals surface area contributed by atoms with Crippen LogP contribution in [-0.4, -0.2) is 30.4 Å². The fourth-order valence-electron chi connectivity index (χ4n) is 1.36. The highest BCUT2D eigenvalue weighted by atomic mass is 16.2. The molecule has 0 aliphatic heterocycles. The molecular formula is C11H22N2O. The highest BCUT2D eigenvalue weighted by Gasteiger charge is 2.18. The molecule has 0 aliphatic rings. The molecule has 0 bridgehead atoms. The van der Waals surface area contributed by atoms with E-state index in [1.54, 1.807) is 0 Å². The zero-order valence-corrected chi connectivity index (χ0v) is 9.55. The van der Waals surface area contributed by atoms with Crippen molar-refractivity contribution in [2.75, 3.05) is 19.6 Å². The lowest BCUT2D eigenvalue weighted by molar-refractivity contribution is -0.134. The number of amides is 1. The van der Waals surface area contributed by atoms with Gasteiger partial charge in [-0.15, -0.1) is 0 Å². The molecule has 1 unspecified atom stereocenters. The summed E-state index contributed by atoms with van der Waals surface area (Å²) in [4.78, 5) is 13.7. The van der Waals surface area contributed by atoms with Gasteiger partial charge in [-0.3, -0.25) is 4.79 Å². The standard InChI is InChI=1S/C11H22N2O/c1-5-13(8-9(2)3)11(14)10(4)6-7-12/h10H,2,5-8,12H2,1,3-4H3. The summed E-state index contributed by atoms with van der Waals surface area (Å²) in [6.45, 7) is 11.6. The summed E-state index contributed by atoms with van der Waals surface area (Å²) < 4.78 is 0. The van der Waals surface area contributed by atoms with Crippen molar-refractivity contribution in [3.63, 3.8) is 0 Å². The average Bonchev–Trinajstić information content (AvgIpc) is 2.13. The minimum absolute atomic E-state index is 0.0271. The summed E-state index contributed by atoms with van der Waals surface area (Å²) in [7, 11) is 0. The van der Waals surface area contributed by atoms with Crippen LogP contribution in [0.5, 0.6) is 0 Å². The van der Waals surface area contributed by atoms with E-state index >= 15 is 0 Å². The SMILES string of the molecule is C=C(C)CN(CC)C(=O)C(C)CCN. The van der Waals surface area contributed by atoms with Crippen molar-refractivity contribution in [3.8, 4) is 0 Å². The molecule has 82 valence electrons. The maximum absolute atomic E-state index is 11.8. The molecule has 0 fully saturated rings. The second-order valence-electron chi connectivity index (χ2n) is 3.79. The molecule has 0 saturated carbocycles. The van der Waals surface area contributed by atoms with Crippen molar-refractivity contribution in [1.82, 2.24) is 4.90 Å². The van der Waals surface area contributed by atoms with Gasteiger partial charge in [0.2, 0.25) is 5.91 Å². The van der Waals surface area contributed by atoms with Gasteiger partial charge in [-0.2, -0.15) is 0 Å². The predicted molar refractivity (Wildman–Crippen MR) is 59.9 cm³/mol. The summed E-state index contributed by atoms with van der Waals surface area (Å²) in [5.74, 6) is 0.209. The van der Waals surface area contributed by atoms with Crippen molar-refractivity contribution < 1.29 is 4.79 Å². The zero-order valence-electron chi connectivity index (χ0n) is 9.55. The molecule has 0 aliphatic carbocycles. The Balaban J connectivity index is 4.22. The first kappa shape index (κ1) is 13.2. The third-order valence-corrected chi connectivity index (χ3v) is 2.18. The molecule has 2 N–H and O–H groups in total. The van der Waals surface area contributed by atoms with E-state index in [0.29, 0.717) is 13.1 Å². The van der Waals surface area contributed by atoms with Crippen LogP contribution in [0.1, 0.15) is 27.2 Å². The van der Waals surface area contributed by atoms with Gasteiger partial charge in [0, 0.05) is 19.0 Å². The van der Waals surface area contributed by atoms with Crippen molar-refractivity contribution in [2.24, 2.45) is 11.7 Å². The smallest absolute Gasteiger partial charge is 0.225 e. The van der Waals surface area contributed by atoms with Gasteiger partial charge in [-0.1, -0.05) is 19.1 Å². The number of likely N-dealkylation sites (N-methyl/N-ethyl adjacent to an activating group) is 1. The van der Waals surface area contributed by atoms with E-state index in [4.69, 9.17) is 5.73 Å². The van der Waals surface area contributed by atoms with Crippen molar-refractivity contribution >= 4 is 5.91 Å². The van der Waals surface area contributed by atoms with E-state index in [0.717, 1.165) is 18.5 Å². The molecule has 0 saturated heterocycles. The number of rotatable bonds is 6. The first-order chi connectivity index (χ1) is 6.52. The minimum Gasteiger partial charge on any atom is -0.339 e. The Bertz CT molecular complexity index is 201. The molecule has 0 spiro atoms. The van der Waals surface area contributed by atoms with Crippen molar-refractivity contribution in [2.45, 2.75) is 27.2 Å². The number of carbonyl (C=O) groups excluding carboxylic acids is 1. The normalized spacial score (nSPS) is 12.3. The topological polar surface area (TPSA) is 46.3 Å². The maximum Gasteiger partial charge on any atom is 0.225 e. The molecule has 0 aromatic heterocycles. The van der Waals surface area contributed by atoms with Crippen LogP contribution in [0.2, 0.25) is 0 Å². The van der Waals surface area contributed by atoms with Gasteiger partial charge in [0.25, 0.3) is 0 Å². The predicted octanol–water partition coefficient (Wildman–Crippen LogP) is 1.40. The summed E-state index contributed by atoms with van der Waals surface area (Å²) >= 11 is 0. The first-order valence-corrected chi connectivity index (χ1v) is 5.16. The lowest BCUT2D eigenvalue weighted by Gasteiger charge is -2.24. The molecule has 0 rings (SSSR count). The summed E-state index contributed by atoms with van der Waals surface area (Å²) in [6, 6.07) is 0. The number of carbonyl (C=O) groups is 1. The van der Waals surface area contributed by atoms with Gasteiger partial charge >= 0.3 is 0 Å². The van der Waals surface area contributed by atoms with Gasteiger partial charge in [0.15, 0.2) is 0 Å². The highest BCUT2D eigenvalue weighted by molar-refractivity contribution is 5.78. The largest absolute Gasteiger partial charge is 0.339 e. The van der Waals surface area contributed by atoms with Crippen LogP contribution in [0.3, 0.4) is 0 Å². The molecule has 1 atom stereocenters. The third-order valence-electron chi connectivity index (χ3n) is 2.18. The average molecular weight is 198 g/mol. The molecular weight excluding hydrogens is 176 g/mol. The van der Waals surface area contributed by atoms with E-state index in [2.05, 4.69) is 6.58 Å². The van der Waals surface area contributed by atoms with Crippen LogP contribution in [0.4, 0.5) is 0 Å². The van der Waals surface area contributed by atoms with E-state index in [1.165, 1.54) is 0 Å². The molecule has 0 radical (unpaired) electrons. The Kier molecular flexibility index (Phi) is 6.21. The summed E-state index contributed by atoms with van der Waals surface area (Å²) in [6.07, 6.45) is 0.755. The van der Waals surface area contributed by atoms with E-state index in [9.17, 15) is 4.79 Å². The number of nitrogens with two attached hydrogens (primary N) is 1. The quantitative estimate of drug-likeness (QED) is 0.656. The van der Waals surface area contributed by atoms with E-state index < -0.39 is 0 Å². The lowest BCUT2D eigenvalue weighted by atomic mass is 10.1. The Hall–Kier alpha value is -0.830. The second-order valence-corrected chi connectivity index (χ2v) is 3.79. The number of hydrogen-bond donors (Lipinski definition) is 1. The molecule has 0 aromatic carbocycles. The molecule has 3 heteroatoms. The van der Waals surface area contributed by atoms with Crippen molar-refractivity contribution in [1.29, 1.82) is 0 Å². The van der Waals surface area contributed by atoms with Gasteiger partial charge < -0.3 is 10.6 Å². The lowest BCUT2D eigenvalue weighted by Crippen LogP contribution is -2.36. The third kappa shape index (κ3) is 4.42. The van der Waals surface area contributed by atoms with Gasteiger partial charge in [-0.25, -0.2) is 0 Å². The molecule has 1 amide bonds.